The molecule has 1 atom stereocenters. The van der Waals surface area contributed by atoms with Crippen LogP contribution >= 0.6 is 0 Å². The molecule has 0 spiro atoms. The summed E-state index contributed by atoms with van der Waals surface area (Å²) in [6, 6.07) is 15.2. The van der Waals surface area contributed by atoms with E-state index >= 15 is 0 Å². The Morgan fingerprint density at radius 2 is 2.10 bits per heavy atom. The third-order valence-corrected chi connectivity index (χ3v) is 3.82. The van der Waals surface area contributed by atoms with E-state index in [1.165, 1.54) is 6.07 Å². The average molecular weight is 266 g/mol. The lowest BCUT2D eigenvalue weighted by Gasteiger charge is -2.14. The maximum Gasteiger partial charge on any atom is 0.126 e. The predicted octanol–water partition coefficient (Wildman–Crippen LogP) is 3.47. The highest BCUT2D eigenvalue weighted by atomic mass is 19.1. The van der Waals surface area contributed by atoms with Crippen molar-refractivity contribution in [2.45, 2.75) is 25.4 Å². The first-order valence-corrected chi connectivity index (χ1v) is 6.77. The molecule has 0 bridgehead atoms. The Hall–Kier alpha value is -2.18. The summed E-state index contributed by atoms with van der Waals surface area (Å²) < 4.78 is 13.7. The van der Waals surface area contributed by atoms with Crippen molar-refractivity contribution < 1.29 is 4.39 Å². The highest BCUT2D eigenvalue weighted by Crippen LogP contribution is 2.32. The van der Waals surface area contributed by atoms with Crippen LogP contribution < -0.4 is 5.32 Å². The first-order valence-electron chi connectivity index (χ1n) is 6.77. The fourth-order valence-electron chi connectivity index (χ4n) is 2.81. The second-order valence-electron chi connectivity index (χ2n) is 5.09. The summed E-state index contributed by atoms with van der Waals surface area (Å²) in [5, 5.41) is 12.3. The van der Waals surface area contributed by atoms with Gasteiger partial charge in [-0.2, -0.15) is 5.26 Å². The molecule has 1 aliphatic carbocycles. The van der Waals surface area contributed by atoms with Gasteiger partial charge in [-0.15, -0.1) is 0 Å². The van der Waals surface area contributed by atoms with Gasteiger partial charge in [-0.05, 0) is 47.7 Å². The molecule has 0 amide bonds. The molecule has 0 fully saturated rings. The minimum absolute atomic E-state index is 0.0988. The number of nitrogens with zero attached hydrogens (tertiary/aromatic N) is 1. The number of halogens is 1. The van der Waals surface area contributed by atoms with Crippen molar-refractivity contribution in [1.82, 2.24) is 5.32 Å². The molecular weight excluding hydrogens is 251 g/mol. The molecule has 0 heterocycles. The van der Waals surface area contributed by atoms with E-state index in [-0.39, 0.29) is 11.9 Å². The molecular formula is C17H15FN2. The van der Waals surface area contributed by atoms with E-state index in [1.807, 2.05) is 24.3 Å². The van der Waals surface area contributed by atoms with Crippen LogP contribution in [0, 0.1) is 17.1 Å². The Morgan fingerprint density at radius 3 is 2.95 bits per heavy atom. The highest BCUT2D eigenvalue weighted by Gasteiger charge is 2.24. The van der Waals surface area contributed by atoms with E-state index in [0.29, 0.717) is 12.1 Å². The van der Waals surface area contributed by atoms with Crippen LogP contribution in [0.1, 0.15) is 34.7 Å². The number of fused-ring (bicyclic) bond motifs is 1. The highest BCUT2D eigenvalue weighted by molar-refractivity contribution is 5.36. The van der Waals surface area contributed by atoms with Gasteiger partial charge in [-0.1, -0.05) is 24.3 Å². The predicted molar refractivity (Wildman–Crippen MR) is 75.5 cm³/mol. The van der Waals surface area contributed by atoms with E-state index in [1.54, 1.807) is 12.1 Å². The van der Waals surface area contributed by atoms with Gasteiger partial charge in [0.25, 0.3) is 0 Å². The SMILES string of the molecule is N#Cc1cccc(CNC2CCc3c(F)cccc32)c1. The summed E-state index contributed by atoms with van der Waals surface area (Å²) >= 11 is 0. The minimum atomic E-state index is -0.0988. The molecule has 0 aromatic heterocycles. The van der Waals surface area contributed by atoms with Crippen molar-refractivity contribution in [3.8, 4) is 6.07 Å². The summed E-state index contributed by atoms with van der Waals surface area (Å²) in [6.45, 7) is 0.691. The molecule has 100 valence electrons. The van der Waals surface area contributed by atoms with Crippen LogP contribution in [0.25, 0.3) is 0 Å². The summed E-state index contributed by atoms with van der Waals surface area (Å²) in [7, 11) is 0. The van der Waals surface area contributed by atoms with Crippen LogP contribution in [-0.2, 0) is 13.0 Å². The number of rotatable bonds is 3. The van der Waals surface area contributed by atoms with Gasteiger partial charge >= 0.3 is 0 Å². The van der Waals surface area contributed by atoms with Gasteiger partial charge in [-0.3, -0.25) is 0 Å². The van der Waals surface area contributed by atoms with Gasteiger partial charge in [-0.25, -0.2) is 4.39 Å². The molecule has 1 aliphatic rings. The van der Waals surface area contributed by atoms with E-state index < -0.39 is 0 Å². The minimum Gasteiger partial charge on any atom is -0.306 e. The summed E-state index contributed by atoms with van der Waals surface area (Å²) in [6.07, 6.45) is 1.71. The Balaban J connectivity index is 1.72. The molecule has 20 heavy (non-hydrogen) atoms. The standard InChI is InChI=1S/C17H15FN2/c18-16-6-2-5-15-14(16)7-8-17(15)20-11-13-4-1-3-12(9-13)10-19/h1-6,9,17,20H,7-8,11H2. The first-order chi connectivity index (χ1) is 9.78. The monoisotopic (exact) mass is 266 g/mol. The Morgan fingerprint density at radius 1 is 1.25 bits per heavy atom. The molecule has 0 radical (unpaired) electrons. The quantitative estimate of drug-likeness (QED) is 0.923. The number of nitriles is 1. The van der Waals surface area contributed by atoms with Gasteiger partial charge in [0.1, 0.15) is 5.82 Å². The Labute approximate surface area is 117 Å². The van der Waals surface area contributed by atoms with Gasteiger partial charge in [0, 0.05) is 12.6 Å². The molecule has 0 saturated heterocycles. The zero-order valence-corrected chi connectivity index (χ0v) is 11.1. The topological polar surface area (TPSA) is 35.8 Å². The molecule has 1 unspecified atom stereocenters. The Bertz CT molecular complexity index is 673. The average Bonchev–Trinajstić information content (AvgIpc) is 2.90. The fourth-order valence-corrected chi connectivity index (χ4v) is 2.81. The van der Waals surface area contributed by atoms with Crippen molar-refractivity contribution in [3.63, 3.8) is 0 Å². The van der Waals surface area contributed by atoms with Crippen molar-refractivity contribution >= 4 is 0 Å². The third-order valence-electron chi connectivity index (χ3n) is 3.82. The van der Waals surface area contributed by atoms with Gasteiger partial charge in [0.05, 0.1) is 11.6 Å². The summed E-state index contributed by atoms with van der Waals surface area (Å²) in [5.41, 5.74) is 3.66. The lowest BCUT2D eigenvalue weighted by atomic mass is 10.1. The third kappa shape index (κ3) is 2.43. The smallest absolute Gasteiger partial charge is 0.126 e. The van der Waals surface area contributed by atoms with Crippen LogP contribution in [-0.4, -0.2) is 0 Å². The maximum atomic E-state index is 13.7. The number of nitrogens with one attached hydrogen (secondary N) is 1. The normalized spacial score (nSPS) is 16.7. The van der Waals surface area contributed by atoms with E-state index in [2.05, 4.69) is 11.4 Å². The van der Waals surface area contributed by atoms with E-state index in [0.717, 1.165) is 29.5 Å². The van der Waals surface area contributed by atoms with Crippen molar-refractivity contribution in [1.29, 1.82) is 5.26 Å². The second kappa shape index (κ2) is 5.44. The molecule has 3 heteroatoms. The van der Waals surface area contributed by atoms with Crippen LogP contribution in [0.5, 0.6) is 0 Å². The van der Waals surface area contributed by atoms with Gasteiger partial charge < -0.3 is 5.32 Å². The molecule has 0 saturated carbocycles. The summed E-state index contributed by atoms with van der Waals surface area (Å²) in [4.78, 5) is 0. The van der Waals surface area contributed by atoms with E-state index in [4.69, 9.17) is 5.26 Å². The number of hydrogen-bond donors (Lipinski definition) is 1. The van der Waals surface area contributed by atoms with Crippen LogP contribution in [0.15, 0.2) is 42.5 Å². The number of hydrogen-bond acceptors (Lipinski definition) is 2. The fraction of sp³-hybridized carbons (Fsp3) is 0.235. The van der Waals surface area contributed by atoms with E-state index in [9.17, 15) is 4.39 Å². The van der Waals surface area contributed by atoms with Crippen molar-refractivity contribution in [2.75, 3.05) is 0 Å². The molecule has 2 aromatic rings. The Kier molecular flexibility index (Phi) is 3.49. The molecule has 3 rings (SSSR count). The van der Waals surface area contributed by atoms with Crippen molar-refractivity contribution in [3.05, 3.63) is 70.5 Å². The first kappa shape index (κ1) is 12.8. The van der Waals surface area contributed by atoms with Crippen LogP contribution in [0.2, 0.25) is 0 Å². The molecule has 2 aromatic carbocycles. The van der Waals surface area contributed by atoms with Crippen LogP contribution in [0.3, 0.4) is 0 Å². The zero-order chi connectivity index (χ0) is 13.9. The van der Waals surface area contributed by atoms with Gasteiger partial charge in [0.2, 0.25) is 0 Å². The van der Waals surface area contributed by atoms with Crippen LogP contribution in [0.4, 0.5) is 4.39 Å². The summed E-state index contributed by atoms with van der Waals surface area (Å²) in [5.74, 6) is -0.0988. The number of benzene rings is 2. The maximum absolute atomic E-state index is 13.7. The lowest BCUT2D eigenvalue weighted by molar-refractivity contribution is 0.530. The molecule has 0 aliphatic heterocycles. The largest absolute Gasteiger partial charge is 0.306 e. The zero-order valence-electron chi connectivity index (χ0n) is 11.1. The van der Waals surface area contributed by atoms with Crippen molar-refractivity contribution in [2.24, 2.45) is 0 Å². The molecule has 2 nitrogen and oxygen atoms in total. The molecule has 1 N–H and O–H groups in total. The second-order valence-corrected chi connectivity index (χ2v) is 5.09. The lowest BCUT2D eigenvalue weighted by Crippen LogP contribution is -2.18. The van der Waals surface area contributed by atoms with Gasteiger partial charge in [0.15, 0.2) is 0 Å².